The molecule has 174 valence electrons. The minimum atomic E-state index is -4.38. The molecule has 1 aliphatic heterocycles. The third-order valence-corrected chi connectivity index (χ3v) is 6.23. The van der Waals surface area contributed by atoms with Crippen LogP contribution in [0.1, 0.15) is 47.0 Å². The van der Waals surface area contributed by atoms with Gasteiger partial charge in [-0.2, -0.15) is 18.2 Å². The lowest BCUT2D eigenvalue weighted by atomic mass is 9.87. The molecule has 4 aromatic rings. The molecule has 0 bridgehead atoms. The molecule has 1 N–H and O–H groups in total. The predicted molar refractivity (Wildman–Crippen MR) is 125 cm³/mol. The number of alkyl halides is 3. The second kappa shape index (κ2) is 8.59. The highest BCUT2D eigenvalue weighted by molar-refractivity contribution is 5.67. The van der Waals surface area contributed by atoms with E-state index < -0.39 is 11.7 Å². The molecule has 34 heavy (non-hydrogen) atoms. The molecule has 5 nitrogen and oxygen atoms in total. The molecule has 8 heteroatoms. The molecule has 0 saturated carbocycles. The number of nitrogens with zero attached hydrogens (tertiary/aromatic N) is 4. The van der Waals surface area contributed by atoms with E-state index in [-0.39, 0.29) is 5.92 Å². The van der Waals surface area contributed by atoms with Gasteiger partial charge in [-0.15, -0.1) is 5.10 Å². The Hall–Kier alpha value is -3.68. The first-order chi connectivity index (χ1) is 16.3. The van der Waals surface area contributed by atoms with E-state index in [1.54, 1.807) is 12.3 Å². The average Bonchev–Trinajstić information content (AvgIpc) is 3.22. The van der Waals surface area contributed by atoms with Crippen molar-refractivity contribution < 1.29 is 13.2 Å². The molecule has 1 unspecified atom stereocenters. The Morgan fingerprint density at radius 3 is 2.50 bits per heavy atom. The Bertz CT molecular complexity index is 1330. The molecule has 1 aliphatic rings. The molecule has 2 aromatic heterocycles. The number of rotatable bonds is 4. The summed E-state index contributed by atoms with van der Waals surface area (Å²) in [6, 6.07) is 15.9. The van der Waals surface area contributed by atoms with Gasteiger partial charge >= 0.3 is 6.18 Å². The maximum Gasteiger partial charge on any atom is 0.416 e. The maximum absolute atomic E-state index is 13.3. The van der Waals surface area contributed by atoms with Crippen LogP contribution in [0.5, 0.6) is 0 Å². The second-order valence-electron chi connectivity index (χ2n) is 8.67. The first-order valence-corrected chi connectivity index (χ1v) is 11.2. The van der Waals surface area contributed by atoms with Gasteiger partial charge in [0.25, 0.3) is 0 Å². The van der Waals surface area contributed by atoms with Crippen LogP contribution >= 0.6 is 0 Å². The fourth-order valence-electron chi connectivity index (χ4n) is 4.49. The highest BCUT2D eigenvalue weighted by atomic mass is 19.4. The molecule has 0 fully saturated rings. The van der Waals surface area contributed by atoms with E-state index >= 15 is 0 Å². The molecular weight excluding hydrogens is 439 g/mol. The average molecular weight is 464 g/mol. The van der Waals surface area contributed by atoms with Gasteiger partial charge in [-0.05, 0) is 85.3 Å². The van der Waals surface area contributed by atoms with E-state index in [0.29, 0.717) is 23.9 Å². The van der Waals surface area contributed by atoms with E-state index in [2.05, 4.69) is 20.4 Å². The number of pyridine rings is 1. The van der Waals surface area contributed by atoms with E-state index in [4.69, 9.17) is 0 Å². The van der Waals surface area contributed by atoms with Gasteiger partial charge in [0.15, 0.2) is 0 Å². The van der Waals surface area contributed by atoms with Crippen molar-refractivity contribution >= 4 is 11.6 Å². The largest absolute Gasteiger partial charge is 0.416 e. The van der Waals surface area contributed by atoms with Gasteiger partial charge in [-0.3, -0.25) is 4.98 Å². The van der Waals surface area contributed by atoms with E-state index in [0.717, 1.165) is 47.0 Å². The summed E-state index contributed by atoms with van der Waals surface area (Å²) >= 11 is 0. The van der Waals surface area contributed by atoms with Crippen LogP contribution in [-0.2, 0) is 12.7 Å². The Morgan fingerprint density at radius 1 is 0.971 bits per heavy atom. The third-order valence-electron chi connectivity index (χ3n) is 6.23. The van der Waals surface area contributed by atoms with Crippen molar-refractivity contribution in [1.82, 2.24) is 19.7 Å². The zero-order chi connectivity index (χ0) is 23.9. The molecule has 3 heterocycles. The van der Waals surface area contributed by atoms with Gasteiger partial charge in [0.05, 0.1) is 5.56 Å². The molecule has 0 spiro atoms. The number of aryl methyl sites for hydroxylation is 3. The number of halogens is 3. The minimum absolute atomic E-state index is 0.226. The van der Waals surface area contributed by atoms with Crippen molar-refractivity contribution in [3.05, 3.63) is 89.0 Å². The van der Waals surface area contributed by atoms with Crippen molar-refractivity contribution in [2.45, 2.75) is 45.3 Å². The smallest absolute Gasteiger partial charge is 0.323 e. The summed E-state index contributed by atoms with van der Waals surface area (Å²) in [4.78, 5) is 8.91. The van der Waals surface area contributed by atoms with Crippen LogP contribution in [0.2, 0.25) is 0 Å². The quantitative estimate of drug-likeness (QED) is 0.368. The lowest BCUT2D eigenvalue weighted by Crippen LogP contribution is -2.19. The topological polar surface area (TPSA) is 55.6 Å². The van der Waals surface area contributed by atoms with Gasteiger partial charge in [0, 0.05) is 30.0 Å². The van der Waals surface area contributed by atoms with Crippen LogP contribution in [0.15, 0.2) is 60.8 Å². The summed E-state index contributed by atoms with van der Waals surface area (Å²) in [5, 5.41) is 7.82. The van der Waals surface area contributed by atoms with Crippen molar-refractivity contribution in [1.29, 1.82) is 0 Å². The molecular formula is C26H24F3N5. The van der Waals surface area contributed by atoms with Crippen LogP contribution in [0.25, 0.3) is 11.1 Å². The van der Waals surface area contributed by atoms with Crippen molar-refractivity contribution in [2.75, 3.05) is 5.32 Å². The second-order valence-corrected chi connectivity index (χ2v) is 8.67. The standard InChI is InChI=1S/C26H24F3N5/c1-16-5-8-20(26(27,28)29)15-23(16)22-4-3-13-34-24(22)32-25(33-34)31-21-9-6-18(7-10-21)19-11-12-30-17(2)14-19/h5-12,14-15,22H,3-4,13H2,1-2H3,(H,31,33). The number of anilines is 2. The number of nitrogens with one attached hydrogen (secondary N) is 1. The molecule has 0 radical (unpaired) electrons. The van der Waals surface area contributed by atoms with Crippen LogP contribution in [-0.4, -0.2) is 19.7 Å². The SMILES string of the molecule is Cc1cc(-c2ccc(Nc3nc4n(n3)CCCC4c3cc(C(F)(F)F)ccc3C)cc2)ccn1. The summed E-state index contributed by atoms with van der Waals surface area (Å²) in [6.45, 7) is 4.49. The predicted octanol–water partition coefficient (Wildman–Crippen LogP) is 6.65. The Labute approximate surface area is 195 Å². The highest BCUT2D eigenvalue weighted by Gasteiger charge is 2.33. The summed E-state index contributed by atoms with van der Waals surface area (Å²) in [5.41, 5.74) is 4.81. The molecule has 0 saturated heterocycles. The monoisotopic (exact) mass is 463 g/mol. The maximum atomic E-state index is 13.3. The fourth-order valence-corrected chi connectivity index (χ4v) is 4.49. The Balaban J connectivity index is 1.40. The number of aromatic nitrogens is 4. The van der Waals surface area contributed by atoms with Crippen molar-refractivity contribution in [3.63, 3.8) is 0 Å². The van der Waals surface area contributed by atoms with E-state index in [1.807, 2.05) is 54.9 Å². The van der Waals surface area contributed by atoms with Gasteiger partial charge in [0.1, 0.15) is 5.82 Å². The van der Waals surface area contributed by atoms with E-state index in [1.165, 1.54) is 6.07 Å². The number of hydrogen-bond donors (Lipinski definition) is 1. The zero-order valence-corrected chi connectivity index (χ0v) is 18.9. The Kier molecular flexibility index (Phi) is 5.59. The molecule has 0 aliphatic carbocycles. The number of benzene rings is 2. The van der Waals surface area contributed by atoms with Crippen LogP contribution < -0.4 is 5.32 Å². The van der Waals surface area contributed by atoms with E-state index in [9.17, 15) is 13.2 Å². The van der Waals surface area contributed by atoms with Crippen molar-refractivity contribution in [2.24, 2.45) is 0 Å². The summed E-state index contributed by atoms with van der Waals surface area (Å²) in [7, 11) is 0. The third kappa shape index (κ3) is 4.40. The molecule has 1 atom stereocenters. The first-order valence-electron chi connectivity index (χ1n) is 11.2. The molecule has 2 aromatic carbocycles. The zero-order valence-electron chi connectivity index (χ0n) is 18.9. The normalized spacial score (nSPS) is 15.7. The van der Waals surface area contributed by atoms with Crippen LogP contribution in [0, 0.1) is 13.8 Å². The lowest BCUT2D eigenvalue weighted by molar-refractivity contribution is -0.137. The molecule has 0 amide bonds. The number of hydrogen-bond acceptors (Lipinski definition) is 4. The van der Waals surface area contributed by atoms with Crippen LogP contribution in [0.3, 0.4) is 0 Å². The lowest BCUT2D eigenvalue weighted by Gasteiger charge is -2.24. The first kappa shape index (κ1) is 22.1. The van der Waals surface area contributed by atoms with Gasteiger partial charge in [0.2, 0.25) is 5.95 Å². The molecule has 5 rings (SSSR count). The summed E-state index contributed by atoms with van der Waals surface area (Å²) in [6.07, 6.45) is -1.02. The van der Waals surface area contributed by atoms with Crippen LogP contribution in [0.4, 0.5) is 24.8 Å². The van der Waals surface area contributed by atoms with Gasteiger partial charge in [-0.25, -0.2) is 4.68 Å². The fraction of sp³-hybridized carbons (Fsp3) is 0.269. The van der Waals surface area contributed by atoms with Gasteiger partial charge in [-0.1, -0.05) is 18.2 Å². The summed E-state index contributed by atoms with van der Waals surface area (Å²) in [5.74, 6) is 0.912. The van der Waals surface area contributed by atoms with Crippen molar-refractivity contribution in [3.8, 4) is 11.1 Å². The highest BCUT2D eigenvalue weighted by Crippen LogP contribution is 2.38. The minimum Gasteiger partial charge on any atom is -0.323 e. The number of fused-ring (bicyclic) bond motifs is 1. The van der Waals surface area contributed by atoms with Gasteiger partial charge < -0.3 is 5.32 Å². The summed E-state index contributed by atoms with van der Waals surface area (Å²) < 4.78 is 41.8. The Morgan fingerprint density at radius 2 is 1.76 bits per heavy atom.